The molecule has 0 fully saturated rings. The number of nitrogens with zero attached hydrogens (tertiary/aromatic N) is 3. The molecule has 78 valence electrons. The third kappa shape index (κ3) is 1.29. The fourth-order valence-corrected chi connectivity index (χ4v) is 1.69. The van der Waals surface area contributed by atoms with Gasteiger partial charge in [-0.2, -0.15) is 0 Å². The number of imidazole rings is 1. The van der Waals surface area contributed by atoms with Crippen molar-refractivity contribution in [2.24, 2.45) is 7.05 Å². The minimum absolute atomic E-state index is 0.675. The molecule has 0 aliphatic carbocycles. The van der Waals surface area contributed by atoms with E-state index in [4.69, 9.17) is 5.73 Å². The van der Waals surface area contributed by atoms with E-state index in [0.29, 0.717) is 5.69 Å². The van der Waals surface area contributed by atoms with Crippen LogP contribution in [0.25, 0.3) is 16.7 Å². The molecule has 0 atom stereocenters. The van der Waals surface area contributed by atoms with Crippen molar-refractivity contribution in [2.45, 2.75) is 13.8 Å². The van der Waals surface area contributed by atoms with Crippen LogP contribution in [0.2, 0.25) is 0 Å². The normalized spacial score (nSPS) is 10.9. The Bertz CT molecular complexity index is 551. The average Bonchev–Trinajstić information content (AvgIpc) is 2.49. The molecule has 15 heavy (non-hydrogen) atoms. The topological polar surface area (TPSA) is 56.7 Å². The smallest absolute Gasteiger partial charge is 0.160 e. The molecule has 0 aliphatic rings. The minimum atomic E-state index is 0.675. The van der Waals surface area contributed by atoms with Crippen LogP contribution in [-0.2, 0) is 7.05 Å². The summed E-state index contributed by atoms with van der Waals surface area (Å²) in [5.41, 5.74) is 11.0. The maximum Gasteiger partial charge on any atom is 0.160 e. The maximum atomic E-state index is 5.99. The SMILES string of the molecule is C=C(C)c1c(N)c(C)nc2c1ncn2C. The highest BCUT2D eigenvalue weighted by atomic mass is 15.1. The summed E-state index contributed by atoms with van der Waals surface area (Å²) in [6.45, 7) is 7.76. The van der Waals surface area contributed by atoms with Gasteiger partial charge in [-0.3, -0.25) is 0 Å². The molecule has 4 nitrogen and oxygen atoms in total. The molecule has 0 unspecified atom stereocenters. The quantitative estimate of drug-likeness (QED) is 0.768. The zero-order valence-electron chi connectivity index (χ0n) is 9.20. The van der Waals surface area contributed by atoms with Gasteiger partial charge in [0.2, 0.25) is 0 Å². The molecule has 0 spiro atoms. The molecular formula is C11H14N4. The van der Waals surface area contributed by atoms with Crippen molar-refractivity contribution in [2.75, 3.05) is 5.73 Å². The Kier molecular flexibility index (Phi) is 2.00. The van der Waals surface area contributed by atoms with E-state index in [2.05, 4.69) is 16.5 Å². The van der Waals surface area contributed by atoms with Gasteiger partial charge in [-0.15, -0.1) is 0 Å². The lowest BCUT2D eigenvalue weighted by atomic mass is 10.1. The molecule has 2 N–H and O–H groups in total. The van der Waals surface area contributed by atoms with Gasteiger partial charge in [0.1, 0.15) is 5.52 Å². The maximum absolute atomic E-state index is 5.99. The van der Waals surface area contributed by atoms with Gasteiger partial charge in [-0.05, 0) is 19.4 Å². The fourth-order valence-electron chi connectivity index (χ4n) is 1.69. The van der Waals surface area contributed by atoms with Gasteiger partial charge in [-0.25, -0.2) is 9.97 Å². The van der Waals surface area contributed by atoms with Gasteiger partial charge in [-0.1, -0.05) is 6.58 Å². The van der Waals surface area contributed by atoms with Crippen LogP contribution in [0.1, 0.15) is 18.2 Å². The standard InChI is InChI=1S/C11H14N4/c1-6(2)8-9(12)7(3)14-11-10(8)13-5-15(11)4/h5H,1,12H2,2-4H3. The molecule has 0 saturated heterocycles. The number of aryl methyl sites for hydroxylation is 2. The highest BCUT2D eigenvalue weighted by Gasteiger charge is 2.13. The van der Waals surface area contributed by atoms with Gasteiger partial charge in [0, 0.05) is 12.6 Å². The molecule has 0 bridgehead atoms. The summed E-state index contributed by atoms with van der Waals surface area (Å²) in [4.78, 5) is 8.71. The van der Waals surface area contributed by atoms with E-state index in [1.54, 1.807) is 6.33 Å². The van der Waals surface area contributed by atoms with Crippen LogP contribution in [-0.4, -0.2) is 14.5 Å². The first-order valence-electron chi connectivity index (χ1n) is 4.75. The van der Waals surface area contributed by atoms with Gasteiger partial charge in [0.05, 0.1) is 17.7 Å². The zero-order chi connectivity index (χ0) is 11.2. The number of rotatable bonds is 1. The third-order valence-corrected chi connectivity index (χ3v) is 2.50. The lowest BCUT2D eigenvalue weighted by Gasteiger charge is -2.08. The number of hydrogen-bond donors (Lipinski definition) is 1. The number of aromatic nitrogens is 3. The first-order chi connectivity index (χ1) is 7.02. The van der Waals surface area contributed by atoms with Gasteiger partial charge < -0.3 is 10.3 Å². The van der Waals surface area contributed by atoms with E-state index in [0.717, 1.165) is 28.0 Å². The molecule has 4 heteroatoms. The number of nitrogens with two attached hydrogens (primary N) is 1. The minimum Gasteiger partial charge on any atom is -0.397 e. The molecule has 2 aromatic rings. The summed E-state index contributed by atoms with van der Waals surface area (Å²) in [5.74, 6) is 0. The van der Waals surface area contributed by atoms with E-state index in [1.165, 1.54) is 0 Å². The molecule has 2 aromatic heterocycles. The van der Waals surface area contributed by atoms with E-state index in [1.807, 2.05) is 25.5 Å². The first-order valence-corrected chi connectivity index (χ1v) is 4.75. The summed E-state index contributed by atoms with van der Waals surface area (Å²) < 4.78 is 1.88. The average molecular weight is 202 g/mol. The fraction of sp³-hybridized carbons (Fsp3) is 0.273. The zero-order valence-corrected chi connectivity index (χ0v) is 9.20. The number of nitrogen functional groups attached to an aromatic ring is 1. The van der Waals surface area contributed by atoms with Crippen LogP contribution in [0.4, 0.5) is 5.69 Å². The van der Waals surface area contributed by atoms with Crippen molar-refractivity contribution in [1.29, 1.82) is 0 Å². The Morgan fingerprint density at radius 1 is 1.53 bits per heavy atom. The van der Waals surface area contributed by atoms with Crippen LogP contribution in [0, 0.1) is 6.92 Å². The molecule has 0 aliphatic heterocycles. The molecule has 2 rings (SSSR count). The number of hydrogen-bond acceptors (Lipinski definition) is 3. The summed E-state index contributed by atoms with van der Waals surface area (Å²) in [6.07, 6.45) is 1.74. The second-order valence-electron chi connectivity index (χ2n) is 3.79. The Hall–Kier alpha value is -1.84. The van der Waals surface area contributed by atoms with Gasteiger partial charge >= 0.3 is 0 Å². The van der Waals surface area contributed by atoms with E-state index < -0.39 is 0 Å². The Balaban J connectivity index is 2.97. The molecule has 2 heterocycles. The highest BCUT2D eigenvalue weighted by molar-refractivity contribution is 5.92. The van der Waals surface area contributed by atoms with Gasteiger partial charge in [0.25, 0.3) is 0 Å². The predicted octanol–water partition coefficient (Wildman–Crippen LogP) is 1.89. The summed E-state index contributed by atoms with van der Waals surface area (Å²) in [5, 5.41) is 0. The van der Waals surface area contributed by atoms with Crippen molar-refractivity contribution in [3.05, 3.63) is 24.2 Å². The second kappa shape index (κ2) is 3.08. The van der Waals surface area contributed by atoms with Crippen molar-refractivity contribution in [3.63, 3.8) is 0 Å². The van der Waals surface area contributed by atoms with Crippen LogP contribution in [0.3, 0.4) is 0 Å². The lowest BCUT2D eigenvalue weighted by molar-refractivity contribution is 0.927. The largest absolute Gasteiger partial charge is 0.397 e. The van der Waals surface area contributed by atoms with Crippen LogP contribution < -0.4 is 5.73 Å². The van der Waals surface area contributed by atoms with Crippen molar-refractivity contribution in [1.82, 2.24) is 14.5 Å². The third-order valence-electron chi connectivity index (χ3n) is 2.50. The summed E-state index contributed by atoms with van der Waals surface area (Å²) in [6, 6.07) is 0. The number of allylic oxidation sites excluding steroid dienone is 1. The lowest BCUT2D eigenvalue weighted by Crippen LogP contribution is -2.01. The summed E-state index contributed by atoms with van der Waals surface area (Å²) in [7, 11) is 1.92. The molecule has 0 radical (unpaired) electrons. The van der Waals surface area contributed by atoms with E-state index in [9.17, 15) is 0 Å². The monoisotopic (exact) mass is 202 g/mol. The number of anilines is 1. The molecule has 0 amide bonds. The van der Waals surface area contributed by atoms with Crippen LogP contribution >= 0.6 is 0 Å². The molecule has 0 saturated carbocycles. The Morgan fingerprint density at radius 2 is 2.20 bits per heavy atom. The predicted molar refractivity (Wildman–Crippen MR) is 62.4 cm³/mol. The number of fused-ring (bicyclic) bond motifs is 1. The Labute approximate surface area is 88.4 Å². The highest BCUT2D eigenvalue weighted by Crippen LogP contribution is 2.28. The van der Waals surface area contributed by atoms with Crippen molar-refractivity contribution < 1.29 is 0 Å². The summed E-state index contributed by atoms with van der Waals surface area (Å²) >= 11 is 0. The van der Waals surface area contributed by atoms with Crippen molar-refractivity contribution >= 4 is 22.4 Å². The Morgan fingerprint density at radius 3 is 2.80 bits per heavy atom. The molecule has 0 aromatic carbocycles. The van der Waals surface area contributed by atoms with Gasteiger partial charge in [0.15, 0.2) is 5.65 Å². The molecular weight excluding hydrogens is 188 g/mol. The van der Waals surface area contributed by atoms with Crippen LogP contribution in [0.5, 0.6) is 0 Å². The van der Waals surface area contributed by atoms with Crippen molar-refractivity contribution in [3.8, 4) is 0 Å². The number of pyridine rings is 1. The van der Waals surface area contributed by atoms with E-state index >= 15 is 0 Å². The van der Waals surface area contributed by atoms with Crippen LogP contribution in [0.15, 0.2) is 12.9 Å². The first kappa shape index (κ1) is 9.71. The van der Waals surface area contributed by atoms with E-state index in [-0.39, 0.29) is 0 Å². The second-order valence-corrected chi connectivity index (χ2v) is 3.79.